The van der Waals surface area contributed by atoms with Gasteiger partial charge in [0.05, 0.1) is 17.3 Å². The van der Waals surface area contributed by atoms with Crippen LogP contribution in [0, 0.1) is 11.3 Å². The van der Waals surface area contributed by atoms with Crippen molar-refractivity contribution in [3.8, 4) is 17.3 Å². The Labute approximate surface area is 203 Å². The maximum Gasteiger partial charge on any atom is 0.416 e. The van der Waals surface area contributed by atoms with Crippen molar-refractivity contribution in [1.29, 1.82) is 5.26 Å². The first kappa shape index (κ1) is 24.4. The zero-order valence-corrected chi connectivity index (χ0v) is 19.0. The Morgan fingerprint density at radius 2 is 1.91 bits per heavy atom. The molecule has 0 bridgehead atoms. The van der Waals surface area contributed by atoms with Crippen LogP contribution in [-0.2, 0) is 6.18 Å². The van der Waals surface area contributed by atoms with Gasteiger partial charge in [0.2, 0.25) is 5.78 Å². The Kier molecular flexibility index (Phi) is 6.91. The maximum atomic E-state index is 13.5. The molecule has 11 heteroatoms. The number of nitriles is 1. The molecule has 35 heavy (non-hydrogen) atoms. The minimum absolute atomic E-state index is 0.0353. The molecule has 1 aromatic heterocycles. The second-order valence-electron chi connectivity index (χ2n) is 7.89. The van der Waals surface area contributed by atoms with Gasteiger partial charge in [-0.05, 0) is 36.4 Å². The first-order valence-electron chi connectivity index (χ1n) is 10.6. The van der Waals surface area contributed by atoms with Crippen molar-refractivity contribution in [2.24, 2.45) is 0 Å². The Bertz CT molecular complexity index is 1300. The van der Waals surface area contributed by atoms with Gasteiger partial charge in [-0.25, -0.2) is 0 Å². The zero-order valence-electron chi connectivity index (χ0n) is 18.2. The molecular formula is C24H19ClF3N5O2. The number of Topliss-reactive ketones (excluding diaryl/α,β-unsaturated/α-hetero) is 1. The van der Waals surface area contributed by atoms with E-state index in [0.717, 1.165) is 16.8 Å². The number of nitrogens with zero attached hydrogens (tertiary/aromatic N) is 4. The number of carbonyl (C=O) groups excluding carboxylic acids is 2. The van der Waals surface area contributed by atoms with Gasteiger partial charge in [0, 0.05) is 35.9 Å². The molecule has 0 spiro atoms. The third kappa shape index (κ3) is 5.21. The van der Waals surface area contributed by atoms with Gasteiger partial charge >= 0.3 is 6.18 Å². The minimum atomic E-state index is -4.52. The van der Waals surface area contributed by atoms with Crippen LogP contribution in [0.5, 0.6) is 0 Å². The van der Waals surface area contributed by atoms with Crippen molar-refractivity contribution in [3.05, 3.63) is 70.9 Å². The molecule has 0 saturated carbocycles. The van der Waals surface area contributed by atoms with E-state index in [2.05, 4.69) is 10.4 Å². The predicted octanol–water partition coefficient (Wildman–Crippen LogP) is 4.44. The number of anilines is 1. The number of carbonyl (C=O) groups is 2. The summed E-state index contributed by atoms with van der Waals surface area (Å²) < 4.78 is 40.8. The molecule has 4 rings (SSSR count). The summed E-state index contributed by atoms with van der Waals surface area (Å²) in [5.41, 5.74) is 0.282. The van der Waals surface area contributed by atoms with E-state index in [-0.39, 0.29) is 17.9 Å². The van der Waals surface area contributed by atoms with Crippen molar-refractivity contribution in [2.75, 3.05) is 24.5 Å². The molecule has 2 aromatic carbocycles. The van der Waals surface area contributed by atoms with Crippen LogP contribution in [0.25, 0.3) is 11.3 Å². The third-order valence-corrected chi connectivity index (χ3v) is 5.87. The maximum absolute atomic E-state index is 13.5. The monoisotopic (exact) mass is 501 g/mol. The van der Waals surface area contributed by atoms with E-state index in [4.69, 9.17) is 16.9 Å². The molecule has 1 atom stereocenters. The van der Waals surface area contributed by atoms with Crippen LogP contribution in [0.15, 0.2) is 54.6 Å². The molecule has 1 unspecified atom stereocenters. The minimum Gasteiger partial charge on any atom is -0.358 e. The first-order chi connectivity index (χ1) is 16.7. The standard InChI is InChI=1S/C24H19ClF3N5O2/c25-17-6-4-15(5-7-17)20-13-19(31-33(20)22(34)8-9-29)23(35)21-14-30-10-11-32(21)18-3-1-2-16(12-18)24(26,27)28/h1-7,12-13,21,30H,8,10-11,14H2. The summed E-state index contributed by atoms with van der Waals surface area (Å²) >= 11 is 5.95. The van der Waals surface area contributed by atoms with Gasteiger partial charge in [-0.3, -0.25) is 9.59 Å². The smallest absolute Gasteiger partial charge is 0.358 e. The van der Waals surface area contributed by atoms with Crippen LogP contribution in [-0.4, -0.2) is 47.1 Å². The number of aromatic nitrogens is 2. The summed E-state index contributed by atoms with van der Waals surface area (Å²) in [5, 5.41) is 16.7. The molecule has 0 aliphatic carbocycles. The number of rotatable bonds is 5. The largest absolute Gasteiger partial charge is 0.416 e. The van der Waals surface area contributed by atoms with Gasteiger partial charge in [-0.15, -0.1) is 0 Å². The Balaban J connectivity index is 1.72. The molecule has 1 aliphatic rings. The SMILES string of the molecule is N#CCC(=O)n1nc(C(=O)C2CNCCN2c2cccc(C(F)(F)F)c2)cc1-c1ccc(Cl)cc1. The van der Waals surface area contributed by atoms with E-state index in [0.29, 0.717) is 29.4 Å². The number of ketones is 1. The average Bonchev–Trinajstić information content (AvgIpc) is 3.29. The van der Waals surface area contributed by atoms with E-state index >= 15 is 0 Å². The Morgan fingerprint density at radius 1 is 1.17 bits per heavy atom. The number of alkyl halides is 3. The van der Waals surface area contributed by atoms with E-state index in [1.165, 1.54) is 18.2 Å². The van der Waals surface area contributed by atoms with Crippen LogP contribution in [0.3, 0.4) is 0 Å². The number of benzene rings is 2. The van der Waals surface area contributed by atoms with Crippen molar-refractivity contribution in [3.63, 3.8) is 0 Å². The summed E-state index contributed by atoms with van der Waals surface area (Å²) in [5.74, 6) is -1.08. The molecule has 3 aromatic rings. The van der Waals surface area contributed by atoms with Crippen LogP contribution < -0.4 is 10.2 Å². The molecule has 1 N–H and O–H groups in total. The number of hydrogen-bond donors (Lipinski definition) is 1. The van der Waals surface area contributed by atoms with E-state index in [1.807, 2.05) is 0 Å². The molecule has 0 radical (unpaired) electrons. The highest BCUT2D eigenvalue weighted by Gasteiger charge is 2.35. The highest BCUT2D eigenvalue weighted by molar-refractivity contribution is 6.30. The quantitative estimate of drug-likeness (QED) is 0.520. The van der Waals surface area contributed by atoms with Crippen LogP contribution in [0.1, 0.15) is 27.3 Å². The van der Waals surface area contributed by atoms with Crippen molar-refractivity contribution in [1.82, 2.24) is 15.1 Å². The van der Waals surface area contributed by atoms with Gasteiger partial charge in [0.1, 0.15) is 18.2 Å². The van der Waals surface area contributed by atoms with Crippen LogP contribution in [0.4, 0.5) is 18.9 Å². The second kappa shape index (κ2) is 9.90. The normalized spacial score (nSPS) is 16.1. The summed E-state index contributed by atoms with van der Waals surface area (Å²) in [4.78, 5) is 27.7. The van der Waals surface area contributed by atoms with E-state index in [1.54, 1.807) is 35.2 Å². The van der Waals surface area contributed by atoms with Crippen molar-refractivity contribution in [2.45, 2.75) is 18.6 Å². The van der Waals surface area contributed by atoms with Crippen molar-refractivity contribution < 1.29 is 22.8 Å². The molecule has 1 aliphatic heterocycles. The lowest BCUT2D eigenvalue weighted by molar-refractivity contribution is -0.137. The van der Waals surface area contributed by atoms with E-state index in [9.17, 15) is 22.8 Å². The summed E-state index contributed by atoms with van der Waals surface area (Å²) in [7, 11) is 0. The number of halogens is 4. The van der Waals surface area contributed by atoms with Gasteiger partial charge in [0.25, 0.3) is 5.91 Å². The van der Waals surface area contributed by atoms with Gasteiger partial charge in [-0.1, -0.05) is 29.8 Å². The molecule has 0 amide bonds. The lowest BCUT2D eigenvalue weighted by Crippen LogP contribution is -2.55. The lowest BCUT2D eigenvalue weighted by Gasteiger charge is -2.37. The van der Waals surface area contributed by atoms with Gasteiger partial charge in [-0.2, -0.15) is 28.2 Å². The van der Waals surface area contributed by atoms with Crippen LogP contribution >= 0.6 is 11.6 Å². The van der Waals surface area contributed by atoms with Gasteiger partial charge in [0.15, 0.2) is 0 Å². The Morgan fingerprint density at radius 3 is 2.60 bits per heavy atom. The predicted molar refractivity (Wildman–Crippen MR) is 123 cm³/mol. The summed E-state index contributed by atoms with van der Waals surface area (Å²) in [6.45, 7) is 0.964. The van der Waals surface area contributed by atoms with Crippen molar-refractivity contribution >= 4 is 29.0 Å². The average molecular weight is 502 g/mol. The molecule has 2 heterocycles. The number of nitrogens with one attached hydrogen (secondary N) is 1. The highest BCUT2D eigenvalue weighted by atomic mass is 35.5. The fourth-order valence-corrected chi connectivity index (χ4v) is 4.07. The first-order valence-corrected chi connectivity index (χ1v) is 11.0. The molecule has 1 saturated heterocycles. The Hall–Kier alpha value is -3.68. The molecule has 7 nitrogen and oxygen atoms in total. The molecule has 1 fully saturated rings. The van der Waals surface area contributed by atoms with Gasteiger partial charge < -0.3 is 10.2 Å². The summed E-state index contributed by atoms with van der Waals surface area (Å²) in [6.07, 6.45) is -4.96. The summed E-state index contributed by atoms with van der Waals surface area (Å²) in [6, 6.07) is 13.7. The molecule has 180 valence electrons. The third-order valence-electron chi connectivity index (χ3n) is 5.62. The fourth-order valence-electron chi connectivity index (χ4n) is 3.94. The van der Waals surface area contributed by atoms with Crippen LogP contribution in [0.2, 0.25) is 5.02 Å². The topological polar surface area (TPSA) is 91.0 Å². The zero-order chi connectivity index (χ0) is 25.2. The fraction of sp³-hybridized carbons (Fsp3) is 0.250. The lowest BCUT2D eigenvalue weighted by atomic mass is 10.0. The molecular weight excluding hydrogens is 483 g/mol. The second-order valence-corrected chi connectivity index (χ2v) is 8.32. The number of piperazine rings is 1. The highest BCUT2D eigenvalue weighted by Crippen LogP contribution is 2.33. The van der Waals surface area contributed by atoms with E-state index < -0.39 is 35.9 Å². The number of hydrogen-bond acceptors (Lipinski definition) is 6.